The fraction of sp³-hybridized carbons (Fsp3) is 0.400. The van der Waals surface area contributed by atoms with Gasteiger partial charge in [-0.05, 0) is 37.5 Å². The normalized spacial score (nSPS) is 14.9. The minimum Gasteiger partial charge on any atom is -0.353 e. The molecule has 94 valence electrons. The van der Waals surface area contributed by atoms with E-state index in [1.165, 1.54) is 16.5 Å². The molecule has 1 fully saturated rings. The summed E-state index contributed by atoms with van der Waals surface area (Å²) in [7, 11) is 0. The minimum absolute atomic E-state index is 0.173. The molecule has 1 aliphatic rings. The van der Waals surface area contributed by atoms with Gasteiger partial charge in [-0.15, -0.1) is 0 Å². The predicted octanol–water partition coefficient (Wildman–Crippen LogP) is 2.62. The molecule has 1 amide bonds. The number of aryl methyl sites for hydroxylation is 2. The Morgan fingerprint density at radius 1 is 1.39 bits per heavy atom. The fourth-order valence-corrected chi connectivity index (χ4v) is 2.32. The molecule has 2 aromatic rings. The number of amides is 1. The van der Waals surface area contributed by atoms with Gasteiger partial charge < -0.3 is 9.88 Å². The third kappa shape index (κ3) is 2.26. The molecule has 3 nitrogen and oxygen atoms in total. The number of rotatable bonds is 4. The van der Waals surface area contributed by atoms with E-state index in [9.17, 15) is 4.79 Å². The predicted molar refractivity (Wildman–Crippen MR) is 72.5 cm³/mol. The number of benzene rings is 1. The molecule has 1 saturated carbocycles. The summed E-state index contributed by atoms with van der Waals surface area (Å²) in [6, 6.07) is 8.89. The molecule has 3 rings (SSSR count). The molecule has 0 atom stereocenters. The van der Waals surface area contributed by atoms with Crippen molar-refractivity contribution in [2.75, 3.05) is 0 Å². The van der Waals surface area contributed by atoms with Gasteiger partial charge in [0.25, 0.3) is 0 Å². The summed E-state index contributed by atoms with van der Waals surface area (Å²) in [6.45, 7) is 2.87. The van der Waals surface area contributed by atoms with E-state index in [-0.39, 0.29) is 5.91 Å². The van der Waals surface area contributed by atoms with Crippen LogP contribution in [0.3, 0.4) is 0 Å². The highest BCUT2D eigenvalue weighted by Gasteiger charge is 2.22. The lowest BCUT2D eigenvalue weighted by Gasteiger charge is -2.06. The monoisotopic (exact) mass is 242 g/mol. The van der Waals surface area contributed by atoms with E-state index in [1.807, 2.05) is 0 Å². The molecule has 1 aliphatic carbocycles. The largest absolute Gasteiger partial charge is 0.353 e. The van der Waals surface area contributed by atoms with Crippen LogP contribution in [0.25, 0.3) is 10.9 Å². The standard InChI is InChI=1S/C15H18N2O/c1-11-3-2-4-14-13(11)7-9-17(14)10-8-15(18)16-12-5-6-12/h2-4,7,9,12H,5-6,8,10H2,1H3,(H,16,18). The van der Waals surface area contributed by atoms with E-state index in [4.69, 9.17) is 0 Å². The van der Waals surface area contributed by atoms with Crippen LogP contribution in [-0.2, 0) is 11.3 Å². The number of hydrogen-bond acceptors (Lipinski definition) is 1. The summed E-state index contributed by atoms with van der Waals surface area (Å²) in [5.41, 5.74) is 2.50. The van der Waals surface area contributed by atoms with E-state index < -0.39 is 0 Å². The van der Waals surface area contributed by atoms with Gasteiger partial charge in [-0.2, -0.15) is 0 Å². The Balaban J connectivity index is 1.70. The number of carbonyl (C=O) groups excluding carboxylic acids is 1. The summed E-state index contributed by atoms with van der Waals surface area (Å²) in [6.07, 6.45) is 4.94. The van der Waals surface area contributed by atoms with Crippen molar-refractivity contribution >= 4 is 16.8 Å². The number of carbonyl (C=O) groups is 1. The molecule has 0 unspecified atom stereocenters. The van der Waals surface area contributed by atoms with Gasteiger partial charge in [-0.25, -0.2) is 0 Å². The lowest BCUT2D eigenvalue weighted by atomic mass is 10.1. The van der Waals surface area contributed by atoms with Crippen LogP contribution >= 0.6 is 0 Å². The van der Waals surface area contributed by atoms with Gasteiger partial charge in [0.05, 0.1) is 0 Å². The Morgan fingerprint density at radius 2 is 2.22 bits per heavy atom. The molecule has 1 heterocycles. The summed E-state index contributed by atoms with van der Waals surface area (Å²) in [5, 5.41) is 4.30. The van der Waals surface area contributed by atoms with Gasteiger partial charge in [0.2, 0.25) is 5.91 Å². The number of hydrogen-bond donors (Lipinski definition) is 1. The Hall–Kier alpha value is -1.77. The zero-order valence-electron chi connectivity index (χ0n) is 10.6. The number of aromatic nitrogens is 1. The van der Waals surface area contributed by atoms with Gasteiger partial charge >= 0.3 is 0 Å². The first-order valence-corrected chi connectivity index (χ1v) is 6.58. The summed E-state index contributed by atoms with van der Waals surface area (Å²) < 4.78 is 2.16. The Labute approximate surface area is 107 Å². The highest BCUT2D eigenvalue weighted by atomic mass is 16.1. The van der Waals surface area contributed by atoms with Crippen LogP contribution < -0.4 is 5.32 Å². The second kappa shape index (κ2) is 4.48. The van der Waals surface area contributed by atoms with Crippen LogP contribution in [-0.4, -0.2) is 16.5 Å². The van der Waals surface area contributed by atoms with Crippen LogP contribution in [0.5, 0.6) is 0 Å². The van der Waals surface area contributed by atoms with Crippen molar-refractivity contribution < 1.29 is 4.79 Å². The topological polar surface area (TPSA) is 34.0 Å². The molecule has 0 saturated heterocycles. The van der Waals surface area contributed by atoms with Gasteiger partial charge in [-0.3, -0.25) is 4.79 Å². The van der Waals surface area contributed by atoms with Crippen LogP contribution in [0, 0.1) is 6.92 Å². The molecule has 1 N–H and O–H groups in total. The van der Waals surface area contributed by atoms with E-state index >= 15 is 0 Å². The van der Waals surface area contributed by atoms with E-state index in [1.54, 1.807) is 0 Å². The van der Waals surface area contributed by atoms with Crippen molar-refractivity contribution in [2.24, 2.45) is 0 Å². The Kier molecular flexibility index (Phi) is 2.82. The average Bonchev–Trinajstić information content (AvgIpc) is 3.06. The Morgan fingerprint density at radius 3 is 3.00 bits per heavy atom. The summed E-state index contributed by atoms with van der Waals surface area (Å²) >= 11 is 0. The molecule has 1 aromatic carbocycles. The van der Waals surface area contributed by atoms with Crippen LogP contribution in [0.2, 0.25) is 0 Å². The van der Waals surface area contributed by atoms with Gasteiger partial charge in [-0.1, -0.05) is 12.1 Å². The molecule has 0 bridgehead atoms. The lowest BCUT2D eigenvalue weighted by molar-refractivity contribution is -0.121. The SMILES string of the molecule is Cc1cccc2c1ccn2CCC(=O)NC1CC1. The highest BCUT2D eigenvalue weighted by Crippen LogP contribution is 2.20. The van der Waals surface area contributed by atoms with Crippen molar-refractivity contribution in [2.45, 2.75) is 38.8 Å². The van der Waals surface area contributed by atoms with Crippen LogP contribution in [0.1, 0.15) is 24.8 Å². The third-order valence-corrected chi connectivity index (χ3v) is 3.55. The quantitative estimate of drug-likeness (QED) is 0.878. The maximum absolute atomic E-state index is 11.7. The minimum atomic E-state index is 0.173. The third-order valence-electron chi connectivity index (χ3n) is 3.55. The van der Waals surface area contributed by atoms with Crippen molar-refractivity contribution in [1.29, 1.82) is 0 Å². The maximum Gasteiger partial charge on any atom is 0.222 e. The van der Waals surface area contributed by atoms with Crippen molar-refractivity contribution in [1.82, 2.24) is 9.88 Å². The molecular weight excluding hydrogens is 224 g/mol. The van der Waals surface area contributed by atoms with Crippen LogP contribution in [0.4, 0.5) is 0 Å². The first-order valence-electron chi connectivity index (χ1n) is 6.58. The zero-order chi connectivity index (χ0) is 12.5. The lowest BCUT2D eigenvalue weighted by Crippen LogP contribution is -2.26. The smallest absolute Gasteiger partial charge is 0.222 e. The van der Waals surface area contributed by atoms with E-state index in [0.717, 1.165) is 19.4 Å². The van der Waals surface area contributed by atoms with Gasteiger partial charge in [0, 0.05) is 36.1 Å². The Bertz CT molecular complexity index is 581. The zero-order valence-corrected chi connectivity index (χ0v) is 10.6. The summed E-state index contributed by atoms with van der Waals surface area (Å²) in [4.78, 5) is 11.7. The molecular formula is C15H18N2O. The maximum atomic E-state index is 11.7. The molecule has 1 aromatic heterocycles. The van der Waals surface area contributed by atoms with E-state index in [0.29, 0.717) is 12.5 Å². The fourth-order valence-electron chi connectivity index (χ4n) is 2.32. The van der Waals surface area contributed by atoms with Gasteiger partial charge in [0.15, 0.2) is 0 Å². The van der Waals surface area contributed by atoms with Crippen LogP contribution in [0.15, 0.2) is 30.5 Å². The number of fused-ring (bicyclic) bond motifs is 1. The second-order valence-corrected chi connectivity index (χ2v) is 5.11. The molecule has 3 heteroatoms. The van der Waals surface area contributed by atoms with Gasteiger partial charge in [0.1, 0.15) is 0 Å². The molecule has 0 spiro atoms. The number of nitrogens with zero attached hydrogens (tertiary/aromatic N) is 1. The van der Waals surface area contributed by atoms with E-state index in [2.05, 4.69) is 47.3 Å². The summed E-state index contributed by atoms with van der Waals surface area (Å²) in [5.74, 6) is 0.173. The molecule has 18 heavy (non-hydrogen) atoms. The van der Waals surface area contributed by atoms with Crippen molar-refractivity contribution in [3.05, 3.63) is 36.0 Å². The van der Waals surface area contributed by atoms with Crippen molar-refractivity contribution in [3.63, 3.8) is 0 Å². The highest BCUT2D eigenvalue weighted by molar-refractivity contribution is 5.83. The second-order valence-electron chi connectivity index (χ2n) is 5.11. The molecule has 0 radical (unpaired) electrons. The first-order chi connectivity index (χ1) is 8.74. The average molecular weight is 242 g/mol. The first kappa shape index (κ1) is 11.3. The number of nitrogens with one attached hydrogen (secondary N) is 1. The van der Waals surface area contributed by atoms with Crippen molar-refractivity contribution in [3.8, 4) is 0 Å². The molecule has 0 aliphatic heterocycles.